The largest absolute Gasteiger partial charge is 0.481 e. The predicted molar refractivity (Wildman–Crippen MR) is 64.7 cm³/mol. The maximum atomic E-state index is 11.0. The third-order valence-corrected chi connectivity index (χ3v) is 2.83. The highest BCUT2D eigenvalue weighted by atomic mass is 16.6. The zero-order valence-electron chi connectivity index (χ0n) is 9.78. The number of nitrogens with two attached hydrogens (primary N) is 1. The van der Waals surface area contributed by atoms with Gasteiger partial charge in [0.05, 0.1) is 24.2 Å². The predicted octanol–water partition coefficient (Wildman–Crippen LogP) is 0.0835. The summed E-state index contributed by atoms with van der Waals surface area (Å²) in [5, 5.41) is 22.4. The molecule has 0 spiro atoms. The molecule has 102 valence electrons. The Balaban J connectivity index is 2.13. The molecule has 2 rings (SSSR count). The number of ether oxygens (including phenoxy) is 1. The lowest BCUT2D eigenvalue weighted by Crippen LogP contribution is -2.33. The summed E-state index contributed by atoms with van der Waals surface area (Å²) in [5.74, 6) is -1.59. The van der Waals surface area contributed by atoms with Crippen LogP contribution in [0, 0.1) is 16.0 Å². The second kappa shape index (κ2) is 5.06. The average Bonchev–Trinajstić information content (AvgIpc) is 2.76. The number of hydrogen-bond donors (Lipinski definition) is 3. The molecule has 1 aromatic rings. The molecular weight excluding hydrogens is 256 g/mol. The lowest BCUT2D eigenvalue weighted by Gasteiger charge is -2.16. The standard InChI is InChI=1S/C10H12N4O5/c11-9-7(14(17)18)1-2-8(13-9)12-6-4-19-3-5(6)10(15)16/h1-2,5-6H,3-4H2,(H,15,16)(H3,11,12,13). The van der Waals surface area contributed by atoms with E-state index in [-0.39, 0.29) is 30.5 Å². The number of pyridine rings is 1. The number of anilines is 2. The van der Waals surface area contributed by atoms with Crippen molar-refractivity contribution < 1.29 is 19.6 Å². The number of nitrogens with zero attached hydrogens (tertiary/aromatic N) is 2. The van der Waals surface area contributed by atoms with Gasteiger partial charge in [-0.3, -0.25) is 14.9 Å². The van der Waals surface area contributed by atoms with Crippen LogP contribution in [0.25, 0.3) is 0 Å². The van der Waals surface area contributed by atoms with Gasteiger partial charge < -0.3 is 20.9 Å². The minimum atomic E-state index is -0.968. The van der Waals surface area contributed by atoms with Gasteiger partial charge in [0.1, 0.15) is 11.7 Å². The number of aromatic nitrogens is 1. The molecule has 4 N–H and O–H groups in total. The molecule has 19 heavy (non-hydrogen) atoms. The summed E-state index contributed by atoms with van der Waals surface area (Å²) < 4.78 is 5.08. The van der Waals surface area contributed by atoms with Crippen LogP contribution in [0.3, 0.4) is 0 Å². The first-order chi connectivity index (χ1) is 8.99. The molecule has 0 aliphatic carbocycles. The van der Waals surface area contributed by atoms with E-state index < -0.39 is 22.9 Å². The summed E-state index contributed by atoms with van der Waals surface area (Å²) in [7, 11) is 0. The number of aliphatic carboxylic acids is 1. The third kappa shape index (κ3) is 2.71. The van der Waals surface area contributed by atoms with Crippen LogP contribution in [0.15, 0.2) is 12.1 Å². The van der Waals surface area contributed by atoms with Crippen LogP contribution >= 0.6 is 0 Å². The molecule has 1 aliphatic heterocycles. The Morgan fingerprint density at radius 2 is 2.32 bits per heavy atom. The molecule has 0 amide bonds. The first-order valence-corrected chi connectivity index (χ1v) is 5.47. The van der Waals surface area contributed by atoms with Crippen molar-refractivity contribution in [3.05, 3.63) is 22.2 Å². The Morgan fingerprint density at radius 1 is 1.58 bits per heavy atom. The molecule has 2 unspecified atom stereocenters. The Morgan fingerprint density at radius 3 is 2.89 bits per heavy atom. The molecule has 0 bridgehead atoms. The molecule has 2 heterocycles. The summed E-state index contributed by atoms with van der Waals surface area (Å²) >= 11 is 0. The molecule has 1 aromatic heterocycles. The molecule has 2 atom stereocenters. The minimum absolute atomic E-state index is 0.120. The highest BCUT2D eigenvalue weighted by Crippen LogP contribution is 2.23. The lowest BCUT2D eigenvalue weighted by molar-refractivity contribution is -0.384. The van der Waals surface area contributed by atoms with Crippen molar-refractivity contribution >= 4 is 23.3 Å². The molecule has 1 saturated heterocycles. The van der Waals surface area contributed by atoms with Gasteiger partial charge in [-0.05, 0) is 6.07 Å². The van der Waals surface area contributed by atoms with Gasteiger partial charge in [-0.1, -0.05) is 0 Å². The van der Waals surface area contributed by atoms with Crippen LogP contribution in [-0.2, 0) is 9.53 Å². The first kappa shape index (κ1) is 13.0. The second-order valence-electron chi connectivity index (χ2n) is 4.09. The Kier molecular flexibility index (Phi) is 3.47. The van der Waals surface area contributed by atoms with Gasteiger partial charge in [0, 0.05) is 6.07 Å². The van der Waals surface area contributed by atoms with E-state index in [0.717, 1.165) is 0 Å². The van der Waals surface area contributed by atoms with Crippen LogP contribution in [0.4, 0.5) is 17.3 Å². The van der Waals surface area contributed by atoms with Crippen molar-refractivity contribution in [3.63, 3.8) is 0 Å². The van der Waals surface area contributed by atoms with Gasteiger partial charge in [0.2, 0.25) is 5.82 Å². The molecule has 9 nitrogen and oxygen atoms in total. The van der Waals surface area contributed by atoms with Gasteiger partial charge in [-0.15, -0.1) is 0 Å². The number of rotatable bonds is 4. The molecule has 0 saturated carbocycles. The monoisotopic (exact) mass is 268 g/mol. The van der Waals surface area contributed by atoms with E-state index in [4.69, 9.17) is 15.6 Å². The lowest BCUT2D eigenvalue weighted by atomic mass is 10.0. The third-order valence-electron chi connectivity index (χ3n) is 2.83. The van der Waals surface area contributed by atoms with Crippen LogP contribution in [0.1, 0.15) is 0 Å². The maximum absolute atomic E-state index is 11.0. The molecule has 0 aromatic carbocycles. The van der Waals surface area contributed by atoms with Crippen LogP contribution in [0.2, 0.25) is 0 Å². The van der Waals surface area contributed by atoms with Crippen molar-refractivity contribution in [2.75, 3.05) is 24.3 Å². The topological polar surface area (TPSA) is 141 Å². The van der Waals surface area contributed by atoms with Gasteiger partial charge in [-0.25, -0.2) is 4.98 Å². The van der Waals surface area contributed by atoms with E-state index in [1.807, 2.05) is 0 Å². The van der Waals surface area contributed by atoms with Crippen LogP contribution in [0.5, 0.6) is 0 Å². The molecular formula is C10H12N4O5. The van der Waals surface area contributed by atoms with Gasteiger partial charge >= 0.3 is 11.7 Å². The SMILES string of the molecule is Nc1nc(NC2COCC2C(=O)O)ccc1[N+](=O)[O-]. The molecule has 9 heteroatoms. The highest BCUT2D eigenvalue weighted by molar-refractivity contribution is 5.72. The summed E-state index contributed by atoms with van der Waals surface area (Å²) in [5.41, 5.74) is 5.16. The molecule has 1 fully saturated rings. The zero-order chi connectivity index (χ0) is 14.0. The van der Waals surface area contributed by atoms with Gasteiger partial charge in [0.15, 0.2) is 0 Å². The van der Waals surface area contributed by atoms with Gasteiger partial charge in [-0.2, -0.15) is 0 Å². The fourth-order valence-electron chi connectivity index (χ4n) is 1.83. The zero-order valence-corrected chi connectivity index (χ0v) is 9.78. The number of nitrogens with one attached hydrogen (secondary N) is 1. The number of hydrogen-bond acceptors (Lipinski definition) is 7. The number of carboxylic acid groups (broad SMARTS) is 1. The fourth-order valence-corrected chi connectivity index (χ4v) is 1.83. The van der Waals surface area contributed by atoms with E-state index in [9.17, 15) is 14.9 Å². The smallest absolute Gasteiger partial charge is 0.311 e. The van der Waals surface area contributed by atoms with Crippen molar-refractivity contribution in [3.8, 4) is 0 Å². The van der Waals surface area contributed by atoms with E-state index in [2.05, 4.69) is 10.3 Å². The fraction of sp³-hybridized carbons (Fsp3) is 0.400. The maximum Gasteiger partial charge on any atom is 0.311 e. The number of nitro groups is 1. The summed E-state index contributed by atoms with van der Waals surface area (Å²) in [4.78, 5) is 24.7. The Labute approximate surface area is 107 Å². The minimum Gasteiger partial charge on any atom is -0.481 e. The first-order valence-electron chi connectivity index (χ1n) is 5.47. The Hall–Kier alpha value is -2.42. The molecule has 0 radical (unpaired) electrons. The van der Waals surface area contributed by atoms with E-state index in [1.54, 1.807) is 0 Å². The molecule has 1 aliphatic rings. The van der Waals surface area contributed by atoms with Crippen molar-refractivity contribution in [1.82, 2.24) is 4.98 Å². The quantitative estimate of drug-likeness (QED) is 0.515. The number of carboxylic acids is 1. The van der Waals surface area contributed by atoms with E-state index in [0.29, 0.717) is 0 Å². The van der Waals surface area contributed by atoms with E-state index >= 15 is 0 Å². The second-order valence-corrected chi connectivity index (χ2v) is 4.09. The summed E-state index contributed by atoms with van der Waals surface area (Å²) in [6, 6.07) is 2.16. The Bertz CT molecular complexity index is 521. The average molecular weight is 268 g/mol. The van der Waals surface area contributed by atoms with Gasteiger partial charge in [0.25, 0.3) is 0 Å². The van der Waals surface area contributed by atoms with E-state index in [1.165, 1.54) is 12.1 Å². The van der Waals surface area contributed by atoms with Crippen molar-refractivity contribution in [1.29, 1.82) is 0 Å². The number of carbonyl (C=O) groups is 1. The van der Waals surface area contributed by atoms with Crippen molar-refractivity contribution in [2.24, 2.45) is 5.92 Å². The normalized spacial score (nSPS) is 22.1. The van der Waals surface area contributed by atoms with Crippen LogP contribution < -0.4 is 11.1 Å². The number of nitrogen functional groups attached to an aromatic ring is 1. The van der Waals surface area contributed by atoms with Crippen molar-refractivity contribution in [2.45, 2.75) is 6.04 Å². The summed E-state index contributed by atoms with van der Waals surface area (Å²) in [6.07, 6.45) is 0. The highest BCUT2D eigenvalue weighted by Gasteiger charge is 2.34. The van der Waals surface area contributed by atoms with Crippen LogP contribution in [-0.4, -0.2) is 40.2 Å². The summed E-state index contributed by atoms with van der Waals surface area (Å²) in [6.45, 7) is 0.352.